The summed E-state index contributed by atoms with van der Waals surface area (Å²) in [4.78, 5) is 9.01. The van der Waals surface area contributed by atoms with Crippen molar-refractivity contribution in [1.82, 2.24) is 0 Å². The quantitative estimate of drug-likeness (QED) is 0.376. The third-order valence-electron chi connectivity index (χ3n) is 0.129. The fraction of sp³-hybridized carbons (Fsp3) is 0.500. The van der Waals surface area contributed by atoms with E-state index in [0.717, 1.165) is 0 Å². The molecule has 0 heterocycles. The summed E-state index contributed by atoms with van der Waals surface area (Å²) in [5.74, 6) is -1.44. The first-order valence-electron chi connectivity index (χ1n) is 1.08. The van der Waals surface area contributed by atoms with E-state index in [1.54, 1.807) is 0 Å². The van der Waals surface area contributed by atoms with Gasteiger partial charge in [-0.15, -0.1) is 0 Å². The van der Waals surface area contributed by atoms with Crippen LogP contribution >= 0.6 is 0 Å². The minimum absolute atomic E-state index is 0. The standard InChI is InChI=1S/C2H4O3.Na.Ti/c3-1-2(4)5;;/h3H,1H2,(H,4,5);;/q;+1;+2/p-1. The minimum atomic E-state index is -1.44. The van der Waals surface area contributed by atoms with Gasteiger partial charge in [-0.2, -0.15) is 0 Å². The summed E-state index contributed by atoms with van der Waals surface area (Å²) in [6.45, 7) is -0.889. The van der Waals surface area contributed by atoms with Crippen LogP contribution in [0.4, 0.5) is 0 Å². The van der Waals surface area contributed by atoms with Gasteiger partial charge < -0.3 is 15.0 Å². The van der Waals surface area contributed by atoms with Crippen molar-refractivity contribution in [3.8, 4) is 0 Å². The predicted octanol–water partition coefficient (Wildman–Crippen LogP) is -5.27. The zero-order valence-electron chi connectivity index (χ0n) is 3.97. The van der Waals surface area contributed by atoms with Crippen LogP contribution in [-0.4, -0.2) is 17.7 Å². The molecule has 0 saturated heterocycles. The van der Waals surface area contributed by atoms with Gasteiger partial charge in [-0.05, 0) is 0 Å². The summed E-state index contributed by atoms with van der Waals surface area (Å²) in [5.41, 5.74) is 0. The number of carboxylic acid groups (broad SMARTS) is 1. The molecule has 0 aliphatic carbocycles. The van der Waals surface area contributed by atoms with E-state index in [1.165, 1.54) is 0 Å². The number of carbonyl (C=O) groups is 1. The summed E-state index contributed by atoms with van der Waals surface area (Å²) < 4.78 is 0. The summed E-state index contributed by atoms with van der Waals surface area (Å²) in [7, 11) is 0. The van der Waals surface area contributed by atoms with Gasteiger partial charge in [0.25, 0.3) is 0 Å². The molecular weight excluding hydrogens is 143 g/mol. The van der Waals surface area contributed by atoms with E-state index in [9.17, 15) is 0 Å². The molecular formula is C2H3NaO3Ti+2. The number of carbonyl (C=O) groups excluding carboxylic acids is 1. The van der Waals surface area contributed by atoms with Crippen LogP contribution in [0, 0.1) is 0 Å². The number of aliphatic carboxylic acids is 1. The van der Waals surface area contributed by atoms with E-state index < -0.39 is 12.6 Å². The Kier molecular flexibility index (Phi) is 22.9. The average molecular weight is 146 g/mol. The van der Waals surface area contributed by atoms with Crippen LogP contribution in [0.3, 0.4) is 0 Å². The second-order valence-electron chi connectivity index (χ2n) is 0.530. The summed E-state index contributed by atoms with van der Waals surface area (Å²) in [6, 6.07) is 0. The van der Waals surface area contributed by atoms with Crippen LogP contribution in [-0.2, 0) is 26.5 Å². The Morgan fingerprint density at radius 2 is 1.86 bits per heavy atom. The topological polar surface area (TPSA) is 60.4 Å². The van der Waals surface area contributed by atoms with E-state index in [1.807, 2.05) is 0 Å². The van der Waals surface area contributed by atoms with E-state index >= 15 is 0 Å². The maximum Gasteiger partial charge on any atom is 2.00 e. The fourth-order valence-corrected chi connectivity index (χ4v) is 0. The van der Waals surface area contributed by atoms with Crippen LogP contribution in [0.25, 0.3) is 0 Å². The molecule has 0 atom stereocenters. The van der Waals surface area contributed by atoms with Crippen molar-refractivity contribution in [2.45, 2.75) is 0 Å². The first-order chi connectivity index (χ1) is 2.27. The van der Waals surface area contributed by atoms with Gasteiger partial charge in [0.2, 0.25) is 0 Å². The minimum Gasteiger partial charge on any atom is -0.548 e. The summed E-state index contributed by atoms with van der Waals surface area (Å²) >= 11 is 0. The Morgan fingerprint density at radius 3 is 1.86 bits per heavy atom. The number of hydrogen-bond acceptors (Lipinski definition) is 3. The first kappa shape index (κ1) is 15.7. The van der Waals surface area contributed by atoms with E-state index in [0.29, 0.717) is 0 Å². The zero-order chi connectivity index (χ0) is 4.28. The van der Waals surface area contributed by atoms with Crippen molar-refractivity contribution in [3.63, 3.8) is 0 Å². The molecule has 0 spiro atoms. The second-order valence-corrected chi connectivity index (χ2v) is 0.530. The maximum atomic E-state index is 9.01. The number of rotatable bonds is 1. The number of carboxylic acids is 1. The molecule has 0 aliphatic heterocycles. The van der Waals surface area contributed by atoms with Crippen molar-refractivity contribution in [2.24, 2.45) is 0 Å². The number of aliphatic hydroxyl groups is 1. The Labute approximate surface area is 78.3 Å². The number of hydrogen-bond donors (Lipinski definition) is 1. The molecule has 0 aromatic rings. The molecule has 0 aromatic heterocycles. The van der Waals surface area contributed by atoms with Crippen molar-refractivity contribution >= 4 is 5.97 Å². The Morgan fingerprint density at radius 1 is 1.71 bits per heavy atom. The third kappa shape index (κ3) is 19.1. The first-order valence-corrected chi connectivity index (χ1v) is 1.08. The largest absolute Gasteiger partial charge is 2.00 e. The molecule has 0 amide bonds. The maximum absolute atomic E-state index is 9.01. The molecule has 32 valence electrons. The molecule has 0 unspecified atom stereocenters. The van der Waals surface area contributed by atoms with Crippen LogP contribution in [0.5, 0.6) is 0 Å². The van der Waals surface area contributed by atoms with Gasteiger partial charge in [-0.3, -0.25) is 0 Å². The molecule has 0 rings (SSSR count). The molecule has 0 fully saturated rings. The molecule has 0 aliphatic rings. The van der Waals surface area contributed by atoms with Crippen LogP contribution in [0.15, 0.2) is 0 Å². The second kappa shape index (κ2) is 10.2. The van der Waals surface area contributed by atoms with Gasteiger partial charge in [0, 0.05) is 0 Å². The molecule has 0 radical (unpaired) electrons. The molecule has 1 N–H and O–H groups in total. The predicted molar refractivity (Wildman–Crippen MR) is 12.1 cm³/mol. The van der Waals surface area contributed by atoms with Crippen LogP contribution in [0.2, 0.25) is 0 Å². The van der Waals surface area contributed by atoms with E-state index in [2.05, 4.69) is 0 Å². The molecule has 0 bridgehead atoms. The van der Waals surface area contributed by atoms with Crippen molar-refractivity contribution in [3.05, 3.63) is 0 Å². The smallest absolute Gasteiger partial charge is 0.548 e. The van der Waals surface area contributed by atoms with Gasteiger partial charge in [0.15, 0.2) is 0 Å². The van der Waals surface area contributed by atoms with Gasteiger partial charge in [-0.25, -0.2) is 0 Å². The molecule has 5 heteroatoms. The summed E-state index contributed by atoms with van der Waals surface area (Å²) in [6.07, 6.45) is 0. The fourth-order valence-electron chi connectivity index (χ4n) is 0. The van der Waals surface area contributed by atoms with Crippen molar-refractivity contribution < 1.29 is 66.3 Å². The van der Waals surface area contributed by atoms with Crippen molar-refractivity contribution in [1.29, 1.82) is 0 Å². The Bertz CT molecular complexity index is 48.2. The Hall–Kier alpha value is 1.14. The summed E-state index contributed by atoms with van der Waals surface area (Å²) in [5, 5.41) is 16.5. The van der Waals surface area contributed by atoms with Gasteiger partial charge >= 0.3 is 51.3 Å². The average Bonchev–Trinajstić information content (AvgIpc) is 1.38. The molecule has 0 aromatic carbocycles. The Balaban J connectivity index is -0.0000000800. The molecule has 3 nitrogen and oxygen atoms in total. The zero-order valence-corrected chi connectivity index (χ0v) is 7.53. The van der Waals surface area contributed by atoms with E-state index in [4.69, 9.17) is 15.0 Å². The molecule has 0 saturated carbocycles. The normalized spacial score (nSPS) is 5.29. The third-order valence-corrected chi connectivity index (χ3v) is 0.129. The van der Waals surface area contributed by atoms with Gasteiger partial charge in [0.1, 0.15) is 0 Å². The molecule has 7 heavy (non-hydrogen) atoms. The SMILES string of the molecule is O=C([O-])CO.[Na+].[Ti+2]. The van der Waals surface area contributed by atoms with Crippen molar-refractivity contribution in [2.75, 3.05) is 6.61 Å². The number of aliphatic hydroxyl groups excluding tert-OH is 1. The van der Waals surface area contributed by atoms with Crippen LogP contribution < -0.4 is 34.7 Å². The van der Waals surface area contributed by atoms with E-state index in [-0.39, 0.29) is 51.3 Å². The van der Waals surface area contributed by atoms with Gasteiger partial charge in [-0.1, -0.05) is 0 Å². The van der Waals surface area contributed by atoms with Gasteiger partial charge in [0.05, 0.1) is 12.6 Å². The monoisotopic (exact) mass is 146 g/mol. The van der Waals surface area contributed by atoms with Crippen LogP contribution in [0.1, 0.15) is 0 Å².